The van der Waals surface area contributed by atoms with Gasteiger partial charge in [-0.2, -0.15) is 4.98 Å². The Labute approximate surface area is 201 Å². The molecule has 0 fully saturated rings. The molecule has 4 heterocycles. The zero-order valence-corrected chi connectivity index (χ0v) is 19.9. The molecule has 2 aliphatic carbocycles. The number of amides is 1. The third-order valence-electron chi connectivity index (χ3n) is 7.40. The summed E-state index contributed by atoms with van der Waals surface area (Å²) in [5, 5.41) is 6.33. The molecule has 9 heteroatoms. The van der Waals surface area contributed by atoms with E-state index in [1.165, 1.54) is 5.57 Å². The lowest BCUT2D eigenvalue weighted by molar-refractivity contribution is -0.118. The first kappa shape index (κ1) is 21.7. The zero-order chi connectivity index (χ0) is 23.6. The molecule has 0 saturated carbocycles. The first-order chi connectivity index (χ1) is 16.4. The van der Waals surface area contributed by atoms with Crippen LogP contribution in [0.1, 0.15) is 49.1 Å². The molecular formula is C25H25ClFN5O2. The van der Waals surface area contributed by atoms with Gasteiger partial charge in [-0.15, -0.1) is 0 Å². The van der Waals surface area contributed by atoms with Gasteiger partial charge in [-0.25, -0.2) is 14.4 Å². The molecule has 2 atom stereocenters. The minimum atomic E-state index is -0.516. The molecule has 0 spiro atoms. The maximum absolute atomic E-state index is 16.0. The fourth-order valence-corrected chi connectivity index (χ4v) is 6.07. The van der Waals surface area contributed by atoms with Crippen molar-refractivity contribution in [1.82, 2.24) is 25.6 Å². The van der Waals surface area contributed by atoms with E-state index in [9.17, 15) is 4.79 Å². The van der Waals surface area contributed by atoms with Crippen molar-refractivity contribution in [3.8, 4) is 11.8 Å². The normalized spacial score (nSPS) is 23.6. The first-order valence-electron chi connectivity index (χ1n) is 11.8. The van der Waals surface area contributed by atoms with Gasteiger partial charge in [0.25, 0.3) is 11.8 Å². The third-order valence-corrected chi connectivity index (χ3v) is 7.57. The highest BCUT2D eigenvalue weighted by molar-refractivity contribution is 6.28. The predicted octanol–water partition coefficient (Wildman–Crippen LogP) is 3.90. The number of allylic oxidation sites excluding steroid dienone is 1. The fraction of sp³-hybridized carbons (Fsp3) is 0.440. The fourth-order valence-electron chi connectivity index (χ4n) is 5.90. The van der Waals surface area contributed by atoms with Crippen LogP contribution in [0.15, 0.2) is 22.9 Å². The number of carbonyl (C=O) groups excluding carboxylic acids is 1. The molecule has 1 amide bonds. The number of halogens is 2. The molecule has 0 bridgehead atoms. The van der Waals surface area contributed by atoms with Crippen molar-refractivity contribution < 1.29 is 13.9 Å². The highest BCUT2D eigenvalue weighted by Crippen LogP contribution is 2.49. The van der Waals surface area contributed by atoms with Crippen LogP contribution in [0.4, 0.5) is 4.39 Å². The number of hydrogen-bond acceptors (Lipinski definition) is 6. The van der Waals surface area contributed by atoms with Crippen molar-refractivity contribution in [2.45, 2.75) is 46.1 Å². The largest absolute Gasteiger partial charge is 0.417 e. The Kier molecular flexibility index (Phi) is 5.18. The lowest BCUT2D eigenvalue weighted by atomic mass is 9.68. The van der Waals surface area contributed by atoms with Crippen molar-refractivity contribution in [2.75, 3.05) is 13.1 Å². The number of nitrogens with one attached hydrogen (secondary N) is 2. The van der Waals surface area contributed by atoms with Gasteiger partial charge < -0.3 is 15.4 Å². The minimum Gasteiger partial charge on any atom is -0.417 e. The SMILES string of the molecule is CC1CNC(=O)C2=C1C(C)CC1=C2CCc2cnc(Oc3nc(Cl)nc4c3CNCC4)c(F)c21. The van der Waals surface area contributed by atoms with E-state index in [1.54, 1.807) is 6.20 Å². The molecule has 176 valence electrons. The van der Waals surface area contributed by atoms with E-state index in [-0.39, 0.29) is 34.8 Å². The number of pyridine rings is 1. The number of ether oxygens (including phenoxy) is 1. The number of aromatic nitrogens is 3. The van der Waals surface area contributed by atoms with Crippen molar-refractivity contribution >= 4 is 23.1 Å². The Bertz CT molecular complexity index is 1300. The molecule has 34 heavy (non-hydrogen) atoms. The van der Waals surface area contributed by atoms with E-state index in [1.807, 2.05) is 0 Å². The number of fused-ring (bicyclic) bond motifs is 4. The van der Waals surface area contributed by atoms with Crippen LogP contribution in [0.5, 0.6) is 11.8 Å². The second-order valence-electron chi connectivity index (χ2n) is 9.53. The molecule has 2 N–H and O–H groups in total. The maximum Gasteiger partial charge on any atom is 0.258 e. The number of aryl methyl sites for hydroxylation is 1. The second kappa shape index (κ2) is 8.13. The standard InChI is InChI=1S/C25H25ClFN5O2/c1-11-7-15-14(20-18(11)12(2)8-29-22(20)33)4-3-13-9-30-24(21(27)19(13)15)34-23-16-10-28-6-5-17(16)31-25(26)32-23/h9,11-12,28H,3-8,10H2,1-2H3,(H,29,33). The van der Waals surface area contributed by atoms with E-state index in [0.717, 1.165) is 40.1 Å². The smallest absolute Gasteiger partial charge is 0.258 e. The molecule has 7 nitrogen and oxygen atoms in total. The second-order valence-corrected chi connectivity index (χ2v) is 9.87. The van der Waals surface area contributed by atoms with Gasteiger partial charge in [0.15, 0.2) is 5.82 Å². The Morgan fingerprint density at radius 1 is 1.12 bits per heavy atom. The third kappa shape index (κ3) is 3.34. The molecule has 2 aromatic rings. The van der Waals surface area contributed by atoms with Crippen LogP contribution >= 0.6 is 11.6 Å². The summed E-state index contributed by atoms with van der Waals surface area (Å²) in [6.45, 7) is 6.22. The average Bonchev–Trinajstić information content (AvgIpc) is 2.82. The lowest BCUT2D eigenvalue weighted by Gasteiger charge is -2.38. The summed E-state index contributed by atoms with van der Waals surface area (Å²) < 4.78 is 22.0. The van der Waals surface area contributed by atoms with E-state index >= 15 is 4.39 Å². The van der Waals surface area contributed by atoms with Gasteiger partial charge >= 0.3 is 0 Å². The summed E-state index contributed by atoms with van der Waals surface area (Å²) in [6, 6.07) is 0. The molecule has 2 aliphatic heterocycles. The maximum atomic E-state index is 16.0. The van der Waals surface area contributed by atoms with E-state index in [4.69, 9.17) is 16.3 Å². The summed E-state index contributed by atoms with van der Waals surface area (Å²) in [5.74, 6) is -0.0307. The average molecular weight is 482 g/mol. The number of carbonyl (C=O) groups is 1. The van der Waals surface area contributed by atoms with Crippen LogP contribution in [0.3, 0.4) is 0 Å². The topological polar surface area (TPSA) is 89.0 Å². The van der Waals surface area contributed by atoms with Crippen LogP contribution in [0, 0.1) is 17.7 Å². The quantitative estimate of drug-likeness (QED) is 0.632. The van der Waals surface area contributed by atoms with Gasteiger partial charge in [0.1, 0.15) is 0 Å². The summed E-state index contributed by atoms with van der Waals surface area (Å²) in [6.07, 6.45) is 4.40. The van der Waals surface area contributed by atoms with Crippen LogP contribution < -0.4 is 15.4 Å². The van der Waals surface area contributed by atoms with Crippen molar-refractivity contribution in [3.05, 3.63) is 56.4 Å². The number of hydrogen-bond donors (Lipinski definition) is 2. The van der Waals surface area contributed by atoms with Gasteiger partial charge in [-0.05, 0) is 65.0 Å². The highest BCUT2D eigenvalue weighted by Gasteiger charge is 2.39. The summed E-state index contributed by atoms with van der Waals surface area (Å²) in [4.78, 5) is 25.7. The highest BCUT2D eigenvalue weighted by atomic mass is 35.5. The Hall–Kier alpha value is -2.84. The Morgan fingerprint density at radius 3 is 2.82 bits per heavy atom. The summed E-state index contributed by atoms with van der Waals surface area (Å²) >= 11 is 6.11. The monoisotopic (exact) mass is 481 g/mol. The molecule has 6 rings (SSSR count). The minimum absolute atomic E-state index is 0.0451. The summed E-state index contributed by atoms with van der Waals surface area (Å²) in [5.41, 5.74) is 6.75. The van der Waals surface area contributed by atoms with Crippen LogP contribution in [0.25, 0.3) is 5.57 Å². The molecule has 0 aromatic carbocycles. The first-order valence-corrected chi connectivity index (χ1v) is 12.2. The van der Waals surface area contributed by atoms with Gasteiger partial charge in [-0.1, -0.05) is 13.8 Å². The number of rotatable bonds is 2. The van der Waals surface area contributed by atoms with Crippen molar-refractivity contribution in [1.29, 1.82) is 0 Å². The van der Waals surface area contributed by atoms with Crippen molar-refractivity contribution in [3.63, 3.8) is 0 Å². The van der Waals surface area contributed by atoms with Crippen molar-refractivity contribution in [2.24, 2.45) is 11.8 Å². The summed E-state index contributed by atoms with van der Waals surface area (Å²) in [7, 11) is 0. The van der Waals surface area contributed by atoms with Gasteiger partial charge in [0.05, 0.1) is 11.3 Å². The van der Waals surface area contributed by atoms with Crippen LogP contribution in [-0.4, -0.2) is 33.9 Å². The van der Waals surface area contributed by atoms with Crippen LogP contribution in [-0.2, 0) is 24.2 Å². The van der Waals surface area contributed by atoms with E-state index < -0.39 is 5.82 Å². The zero-order valence-electron chi connectivity index (χ0n) is 19.1. The van der Waals surface area contributed by atoms with E-state index in [0.29, 0.717) is 44.3 Å². The molecule has 2 unspecified atom stereocenters. The molecule has 4 aliphatic rings. The predicted molar refractivity (Wildman–Crippen MR) is 125 cm³/mol. The molecule has 2 aromatic heterocycles. The Morgan fingerprint density at radius 2 is 1.97 bits per heavy atom. The molecule has 0 saturated heterocycles. The van der Waals surface area contributed by atoms with Crippen LogP contribution in [0.2, 0.25) is 5.28 Å². The molecular weight excluding hydrogens is 457 g/mol. The number of nitrogens with zero attached hydrogens (tertiary/aromatic N) is 3. The lowest BCUT2D eigenvalue weighted by Crippen LogP contribution is -2.40. The van der Waals surface area contributed by atoms with Gasteiger partial charge in [0, 0.05) is 43.4 Å². The van der Waals surface area contributed by atoms with Gasteiger partial charge in [-0.3, -0.25) is 4.79 Å². The molecule has 0 radical (unpaired) electrons. The van der Waals surface area contributed by atoms with E-state index in [2.05, 4.69) is 39.4 Å². The Balaban J connectivity index is 1.46. The van der Waals surface area contributed by atoms with Gasteiger partial charge in [0.2, 0.25) is 11.2 Å².